The molecule has 0 N–H and O–H groups in total. The Kier molecular flexibility index (Phi) is 5.07. The van der Waals surface area contributed by atoms with Crippen LogP contribution in [0.5, 0.6) is 5.75 Å². The third kappa shape index (κ3) is 3.35. The lowest BCUT2D eigenvalue weighted by Crippen LogP contribution is -2.32. The number of ether oxygens (including phenoxy) is 2. The fraction of sp³-hybridized carbons (Fsp3) is 0.409. The number of rotatable bonds is 5. The van der Waals surface area contributed by atoms with Gasteiger partial charge in [0.15, 0.2) is 5.16 Å². The summed E-state index contributed by atoms with van der Waals surface area (Å²) in [7, 11) is 1.63. The molecular formula is C22H24N4O3S2. The van der Waals surface area contributed by atoms with E-state index in [1.54, 1.807) is 34.8 Å². The van der Waals surface area contributed by atoms with Crippen LogP contribution in [0.15, 0.2) is 34.2 Å². The molecule has 0 unspecified atom stereocenters. The molecule has 31 heavy (non-hydrogen) atoms. The first-order valence-electron chi connectivity index (χ1n) is 10.3. The van der Waals surface area contributed by atoms with Crippen LogP contribution in [0.4, 0.5) is 0 Å². The zero-order valence-corrected chi connectivity index (χ0v) is 19.6. The summed E-state index contributed by atoms with van der Waals surface area (Å²) < 4.78 is 15.0. The number of fused-ring (bicyclic) bond motifs is 5. The summed E-state index contributed by atoms with van der Waals surface area (Å²) >= 11 is 3.28. The second-order valence-electron chi connectivity index (χ2n) is 8.21. The SMILES string of the molecule is CCCSc1nnc2n(-c3ccc(OC)cc3)c(=O)c3c4c(sc3n12)COC(C)(C)C4. The number of benzene rings is 1. The van der Waals surface area contributed by atoms with E-state index in [-0.39, 0.29) is 11.2 Å². The van der Waals surface area contributed by atoms with Crippen molar-refractivity contribution in [1.82, 2.24) is 19.2 Å². The van der Waals surface area contributed by atoms with Gasteiger partial charge in [0.05, 0.1) is 30.4 Å². The van der Waals surface area contributed by atoms with Crippen LogP contribution in [0.2, 0.25) is 0 Å². The van der Waals surface area contributed by atoms with Crippen molar-refractivity contribution < 1.29 is 9.47 Å². The second kappa shape index (κ2) is 7.65. The average molecular weight is 457 g/mol. The van der Waals surface area contributed by atoms with Crippen LogP contribution in [0.25, 0.3) is 21.7 Å². The van der Waals surface area contributed by atoms with E-state index in [2.05, 4.69) is 31.0 Å². The molecule has 0 aliphatic carbocycles. The Morgan fingerprint density at radius 3 is 2.74 bits per heavy atom. The molecule has 1 aliphatic heterocycles. The van der Waals surface area contributed by atoms with Gasteiger partial charge in [0, 0.05) is 17.1 Å². The number of nitrogens with zero attached hydrogens (tertiary/aromatic N) is 4. The normalized spacial score (nSPS) is 15.5. The number of thioether (sulfide) groups is 1. The maximum atomic E-state index is 13.9. The van der Waals surface area contributed by atoms with E-state index in [4.69, 9.17) is 9.47 Å². The predicted molar refractivity (Wildman–Crippen MR) is 124 cm³/mol. The molecule has 0 bridgehead atoms. The number of aromatic nitrogens is 4. The molecule has 0 atom stereocenters. The van der Waals surface area contributed by atoms with Gasteiger partial charge in [-0.3, -0.25) is 4.79 Å². The van der Waals surface area contributed by atoms with E-state index in [9.17, 15) is 4.79 Å². The molecule has 5 rings (SSSR count). The van der Waals surface area contributed by atoms with Gasteiger partial charge >= 0.3 is 0 Å². The summed E-state index contributed by atoms with van der Waals surface area (Å²) in [4.78, 5) is 15.9. The van der Waals surface area contributed by atoms with Crippen LogP contribution >= 0.6 is 23.1 Å². The summed E-state index contributed by atoms with van der Waals surface area (Å²) in [6.45, 7) is 6.80. The molecule has 4 heterocycles. The molecule has 3 aromatic heterocycles. The number of thiophene rings is 1. The first-order chi connectivity index (χ1) is 14.9. The lowest BCUT2D eigenvalue weighted by molar-refractivity contribution is -0.0379. The smallest absolute Gasteiger partial charge is 0.268 e. The predicted octanol–water partition coefficient (Wildman–Crippen LogP) is 4.46. The molecule has 1 aromatic carbocycles. The highest BCUT2D eigenvalue weighted by molar-refractivity contribution is 7.99. The Morgan fingerprint density at radius 1 is 1.26 bits per heavy atom. The van der Waals surface area contributed by atoms with Crippen LogP contribution in [-0.4, -0.2) is 37.6 Å². The maximum absolute atomic E-state index is 13.9. The quantitative estimate of drug-likeness (QED) is 0.413. The average Bonchev–Trinajstić information content (AvgIpc) is 3.33. The molecule has 1 aliphatic rings. The molecule has 0 spiro atoms. The number of hydrogen-bond acceptors (Lipinski definition) is 7. The summed E-state index contributed by atoms with van der Waals surface area (Å²) in [5.74, 6) is 2.20. The van der Waals surface area contributed by atoms with Gasteiger partial charge in [0.25, 0.3) is 5.56 Å². The highest BCUT2D eigenvalue weighted by atomic mass is 32.2. The Bertz CT molecular complexity index is 1340. The molecule has 9 heteroatoms. The fourth-order valence-electron chi connectivity index (χ4n) is 3.96. The molecule has 0 radical (unpaired) electrons. The topological polar surface area (TPSA) is 70.7 Å². The molecular weight excluding hydrogens is 432 g/mol. The third-order valence-electron chi connectivity index (χ3n) is 5.47. The molecule has 0 saturated carbocycles. The van der Waals surface area contributed by atoms with Crippen LogP contribution < -0.4 is 10.3 Å². The van der Waals surface area contributed by atoms with E-state index in [0.29, 0.717) is 18.8 Å². The summed E-state index contributed by atoms with van der Waals surface area (Å²) in [6.07, 6.45) is 1.73. The highest BCUT2D eigenvalue weighted by Gasteiger charge is 2.32. The van der Waals surface area contributed by atoms with Gasteiger partial charge in [-0.15, -0.1) is 21.5 Å². The lowest BCUT2D eigenvalue weighted by Gasteiger charge is -2.29. The van der Waals surface area contributed by atoms with E-state index in [1.807, 2.05) is 28.7 Å². The van der Waals surface area contributed by atoms with Gasteiger partial charge in [0.2, 0.25) is 5.78 Å². The van der Waals surface area contributed by atoms with Gasteiger partial charge in [0.1, 0.15) is 10.6 Å². The fourth-order valence-corrected chi connectivity index (χ4v) is 6.02. The zero-order chi connectivity index (χ0) is 21.8. The Hall–Kier alpha value is -2.36. The summed E-state index contributed by atoms with van der Waals surface area (Å²) in [5, 5.41) is 10.4. The summed E-state index contributed by atoms with van der Waals surface area (Å²) in [5.41, 5.74) is 1.46. The van der Waals surface area contributed by atoms with Crippen molar-refractivity contribution in [1.29, 1.82) is 0 Å². The van der Waals surface area contributed by atoms with E-state index < -0.39 is 0 Å². The Balaban J connectivity index is 1.86. The van der Waals surface area contributed by atoms with Crippen molar-refractivity contribution in [3.05, 3.63) is 45.1 Å². The van der Waals surface area contributed by atoms with Crippen molar-refractivity contribution in [3.63, 3.8) is 0 Å². The highest BCUT2D eigenvalue weighted by Crippen LogP contribution is 2.39. The Morgan fingerprint density at radius 2 is 2.03 bits per heavy atom. The zero-order valence-electron chi connectivity index (χ0n) is 18.0. The minimum atomic E-state index is -0.305. The minimum Gasteiger partial charge on any atom is -0.497 e. The standard InChI is InChI=1S/C22H24N4O3S2/c1-5-10-30-21-24-23-20-25(13-6-8-14(28-4)9-7-13)18(27)17-15-11-22(2,3)29-12-16(15)31-19(17)26(20)21/h6-9H,5,10-12H2,1-4H3. The third-order valence-corrected chi connectivity index (χ3v) is 7.80. The molecule has 0 amide bonds. The van der Waals surface area contributed by atoms with Crippen molar-refractivity contribution in [2.75, 3.05) is 12.9 Å². The van der Waals surface area contributed by atoms with Crippen LogP contribution in [0.3, 0.4) is 0 Å². The van der Waals surface area contributed by atoms with Crippen molar-refractivity contribution in [2.45, 2.75) is 51.0 Å². The van der Waals surface area contributed by atoms with E-state index in [1.165, 1.54) is 0 Å². The monoisotopic (exact) mass is 456 g/mol. The second-order valence-corrected chi connectivity index (χ2v) is 10.4. The van der Waals surface area contributed by atoms with Crippen LogP contribution in [0.1, 0.15) is 37.6 Å². The molecule has 4 aromatic rings. The first kappa shape index (κ1) is 20.5. The van der Waals surface area contributed by atoms with Gasteiger partial charge in [-0.25, -0.2) is 8.97 Å². The van der Waals surface area contributed by atoms with Crippen LogP contribution in [0, 0.1) is 0 Å². The van der Waals surface area contributed by atoms with Crippen molar-refractivity contribution in [2.24, 2.45) is 0 Å². The Labute approximate surface area is 188 Å². The molecule has 0 saturated heterocycles. The van der Waals surface area contributed by atoms with Gasteiger partial charge in [-0.05, 0) is 50.1 Å². The maximum Gasteiger partial charge on any atom is 0.268 e. The van der Waals surface area contributed by atoms with Crippen molar-refractivity contribution >= 4 is 39.1 Å². The minimum absolute atomic E-state index is 0.0673. The number of hydrogen-bond donors (Lipinski definition) is 0. The van der Waals surface area contributed by atoms with Gasteiger partial charge < -0.3 is 9.47 Å². The molecule has 162 valence electrons. The molecule has 7 nitrogen and oxygen atoms in total. The summed E-state index contributed by atoms with van der Waals surface area (Å²) in [6, 6.07) is 7.47. The van der Waals surface area contributed by atoms with Gasteiger partial charge in [-0.1, -0.05) is 18.7 Å². The van der Waals surface area contributed by atoms with Gasteiger partial charge in [-0.2, -0.15) is 0 Å². The van der Waals surface area contributed by atoms with E-state index >= 15 is 0 Å². The van der Waals surface area contributed by atoms with Crippen molar-refractivity contribution in [3.8, 4) is 11.4 Å². The lowest BCUT2D eigenvalue weighted by atomic mass is 9.94. The van der Waals surface area contributed by atoms with Crippen LogP contribution in [-0.2, 0) is 17.8 Å². The van der Waals surface area contributed by atoms with E-state index in [0.717, 1.165) is 49.4 Å². The molecule has 0 fully saturated rings. The number of methoxy groups -OCH3 is 1. The largest absolute Gasteiger partial charge is 0.497 e. The first-order valence-corrected chi connectivity index (χ1v) is 12.1.